The fraction of sp³-hybridized carbons (Fsp3) is 0.556. The maximum atomic E-state index is 12.4. The van der Waals surface area contributed by atoms with E-state index in [0.29, 0.717) is 17.2 Å². The molecule has 9 heteroatoms. The molecule has 9 nitrogen and oxygen atoms in total. The smallest absolute Gasteiger partial charge is 0.412 e. The second-order valence-corrected chi connectivity index (χ2v) is 10.1. The predicted octanol–water partition coefficient (Wildman–Crippen LogP) is 3.60. The Morgan fingerprint density at radius 2 is 1.86 bits per heavy atom. The third-order valence-electron chi connectivity index (χ3n) is 7.83. The normalized spacial score (nSPS) is 23.2. The number of benzene rings is 1. The van der Waals surface area contributed by atoms with Crippen molar-refractivity contribution >= 4 is 11.9 Å². The minimum Gasteiger partial charge on any atom is -0.489 e. The Morgan fingerprint density at radius 1 is 1.03 bits per heavy atom. The van der Waals surface area contributed by atoms with Crippen LogP contribution >= 0.6 is 0 Å². The van der Waals surface area contributed by atoms with Crippen LogP contribution in [0.25, 0.3) is 0 Å². The summed E-state index contributed by atoms with van der Waals surface area (Å²) in [5.41, 5.74) is 1.29. The molecule has 1 saturated carbocycles. The third-order valence-corrected chi connectivity index (χ3v) is 7.83. The zero-order valence-corrected chi connectivity index (χ0v) is 20.6. The highest BCUT2D eigenvalue weighted by molar-refractivity contribution is 5.71. The highest BCUT2D eigenvalue weighted by Crippen LogP contribution is 2.36. The summed E-state index contributed by atoms with van der Waals surface area (Å²) in [6, 6.07) is 7.42. The van der Waals surface area contributed by atoms with E-state index in [0.717, 1.165) is 88.9 Å². The van der Waals surface area contributed by atoms with Crippen LogP contribution in [0.4, 0.5) is 10.6 Å². The number of rotatable bonds is 6. The molecule has 2 aromatic rings. The van der Waals surface area contributed by atoms with Gasteiger partial charge in [-0.15, -0.1) is 0 Å². The van der Waals surface area contributed by atoms with Gasteiger partial charge < -0.3 is 29.2 Å². The molecule has 1 aliphatic carbocycles. The lowest BCUT2D eigenvalue weighted by atomic mass is 9.84. The van der Waals surface area contributed by atoms with Crippen LogP contribution in [0.2, 0.25) is 0 Å². The zero-order chi connectivity index (χ0) is 24.3. The molecule has 1 aromatic carbocycles. The first kappa shape index (κ1) is 23.2. The molecule has 1 N–H and O–H groups in total. The van der Waals surface area contributed by atoms with Crippen LogP contribution in [0.5, 0.6) is 23.0 Å². The second-order valence-electron chi connectivity index (χ2n) is 10.1. The first-order valence-corrected chi connectivity index (χ1v) is 13.2. The molecular weight excluding hydrogens is 460 g/mol. The van der Waals surface area contributed by atoms with Crippen molar-refractivity contribution in [1.82, 2.24) is 15.2 Å². The summed E-state index contributed by atoms with van der Waals surface area (Å²) in [5.74, 6) is 4.48. The maximum Gasteiger partial charge on any atom is 0.412 e. The molecule has 1 saturated heterocycles. The van der Waals surface area contributed by atoms with Gasteiger partial charge in [0.15, 0.2) is 23.1 Å². The Labute approximate surface area is 211 Å². The quantitative estimate of drug-likeness (QED) is 0.652. The molecule has 0 atom stereocenters. The number of anilines is 1. The van der Waals surface area contributed by atoms with Gasteiger partial charge in [-0.25, -0.2) is 9.78 Å². The molecule has 6 rings (SSSR count). The zero-order valence-electron chi connectivity index (χ0n) is 20.6. The van der Waals surface area contributed by atoms with Gasteiger partial charge >= 0.3 is 6.09 Å². The number of hydrogen-bond acceptors (Lipinski definition) is 8. The number of pyridine rings is 1. The van der Waals surface area contributed by atoms with Crippen molar-refractivity contribution in [2.24, 2.45) is 5.92 Å². The standard InChI is InChI=1S/C27H34N4O5/c32-27(36-22-5-6-23-24(17-22)35-18-34-23)29-21-3-1-19(2-4-21)8-11-30-12-14-31(15-13-30)26-25-20(7-10-28-26)9-16-33-25/h5-7,10,17,19,21H,1-4,8-9,11-16,18H2,(H,29,32)/t19-,21-. The van der Waals surface area contributed by atoms with E-state index in [-0.39, 0.29) is 12.8 Å². The number of nitrogens with zero attached hydrogens (tertiary/aromatic N) is 3. The van der Waals surface area contributed by atoms with E-state index in [2.05, 4.69) is 26.2 Å². The van der Waals surface area contributed by atoms with Crippen molar-refractivity contribution in [3.63, 3.8) is 0 Å². The summed E-state index contributed by atoms with van der Waals surface area (Å²) >= 11 is 0. The Kier molecular flexibility index (Phi) is 6.72. The average Bonchev–Trinajstić information content (AvgIpc) is 3.58. The molecular formula is C27H34N4O5. The topological polar surface area (TPSA) is 85.4 Å². The number of hydrogen-bond donors (Lipinski definition) is 1. The maximum absolute atomic E-state index is 12.4. The van der Waals surface area contributed by atoms with Crippen LogP contribution in [-0.4, -0.2) is 68.1 Å². The van der Waals surface area contributed by atoms with Crippen molar-refractivity contribution < 1.29 is 23.7 Å². The van der Waals surface area contributed by atoms with E-state index in [1.807, 2.05) is 6.20 Å². The number of piperazine rings is 1. The van der Waals surface area contributed by atoms with Crippen LogP contribution in [0, 0.1) is 5.92 Å². The van der Waals surface area contributed by atoms with E-state index in [9.17, 15) is 4.79 Å². The number of amides is 1. The van der Waals surface area contributed by atoms with Crippen LogP contribution in [0.15, 0.2) is 30.5 Å². The van der Waals surface area contributed by atoms with Crippen LogP contribution in [0.3, 0.4) is 0 Å². The highest BCUT2D eigenvalue weighted by Gasteiger charge is 2.27. The van der Waals surface area contributed by atoms with Crippen molar-refractivity contribution in [1.29, 1.82) is 0 Å². The summed E-state index contributed by atoms with van der Waals surface area (Å²) in [6.07, 6.45) is 8.01. The van der Waals surface area contributed by atoms with Gasteiger partial charge in [0.25, 0.3) is 0 Å². The first-order chi connectivity index (χ1) is 17.7. The Bertz CT molecular complexity index is 1080. The summed E-state index contributed by atoms with van der Waals surface area (Å²) in [4.78, 5) is 21.9. The number of fused-ring (bicyclic) bond motifs is 2. The molecule has 192 valence electrons. The van der Waals surface area contributed by atoms with Gasteiger partial charge in [-0.1, -0.05) is 0 Å². The van der Waals surface area contributed by atoms with E-state index >= 15 is 0 Å². The minimum atomic E-state index is -0.404. The van der Waals surface area contributed by atoms with Gasteiger partial charge in [0.2, 0.25) is 6.79 Å². The number of aromatic nitrogens is 1. The molecule has 0 unspecified atom stereocenters. The van der Waals surface area contributed by atoms with Gasteiger partial charge in [0.05, 0.1) is 6.61 Å². The van der Waals surface area contributed by atoms with Crippen LogP contribution in [-0.2, 0) is 6.42 Å². The van der Waals surface area contributed by atoms with Gasteiger partial charge in [0.1, 0.15) is 5.75 Å². The Hall–Kier alpha value is -3.20. The molecule has 0 spiro atoms. The van der Waals surface area contributed by atoms with Crippen molar-refractivity contribution in [3.8, 4) is 23.0 Å². The molecule has 1 amide bonds. The third kappa shape index (κ3) is 5.16. The molecule has 3 aliphatic heterocycles. The average molecular weight is 495 g/mol. The second kappa shape index (κ2) is 10.4. The van der Waals surface area contributed by atoms with Crippen molar-refractivity contribution in [3.05, 3.63) is 36.0 Å². The van der Waals surface area contributed by atoms with Gasteiger partial charge in [-0.2, -0.15) is 0 Å². The monoisotopic (exact) mass is 494 g/mol. The van der Waals surface area contributed by atoms with Crippen LogP contribution < -0.4 is 29.2 Å². The van der Waals surface area contributed by atoms with Crippen molar-refractivity contribution in [2.45, 2.75) is 44.6 Å². The minimum absolute atomic E-state index is 0.175. The highest BCUT2D eigenvalue weighted by atomic mass is 16.7. The Balaban J connectivity index is 0.894. The SMILES string of the molecule is O=C(N[C@H]1CC[C@H](CCN2CCN(c3nccc4c3OCC4)CC2)CC1)Oc1ccc2c(c1)OCO2. The number of carbonyl (C=O) groups excluding carboxylic acids is 1. The lowest BCUT2D eigenvalue weighted by Crippen LogP contribution is -2.47. The van der Waals surface area contributed by atoms with E-state index < -0.39 is 6.09 Å². The molecule has 4 aliphatic rings. The first-order valence-electron chi connectivity index (χ1n) is 13.2. The number of ether oxygens (including phenoxy) is 4. The molecule has 4 heterocycles. The number of nitrogens with one attached hydrogen (secondary N) is 1. The molecule has 1 aromatic heterocycles. The van der Waals surface area contributed by atoms with E-state index in [1.165, 1.54) is 12.0 Å². The summed E-state index contributed by atoms with van der Waals surface area (Å²) < 4.78 is 21.9. The van der Waals surface area contributed by atoms with Gasteiger partial charge in [-0.3, -0.25) is 4.90 Å². The molecule has 0 radical (unpaired) electrons. The summed E-state index contributed by atoms with van der Waals surface area (Å²) in [5, 5.41) is 3.03. The fourth-order valence-electron chi connectivity index (χ4n) is 5.71. The lowest BCUT2D eigenvalue weighted by Gasteiger charge is -2.37. The van der Waals surface area contributed by atoms with Gasteiger partial charge in [-0.05, 0) is 62.8 Å². The van der Waals surface area contributed by atoms with Crippen molar-refractivity contribution in [2.75, 3.05) is 51.0 Å². The van der Waals surface area contributed by atoms with Gasteiger partial charge in [0, 0.05) is 56.5 Å². The van der Waals surface area contributed by atoms with E-state index in [1.54, 1.807) is 18.2 Å². The summed E-state index contributed by atoms with van der Waals surface area (Å²) in [7, 11) is 0. The summed E-state index contributed by atoms with van der Waals surface area (Å²) in [6.45, 7) is 6.23. The molecule has 0 bridgehead atoms. The molecule has 36 heavy (non-hydrogen) atoms. The lowest BCUT2D eigenvalue weighted by molar-refractivity contribution is 0.173. The fourth-order valence-corrected chi connectivity index (χ4v) is 5.71. The number of carbonyl (C=O) groups is 1. The van der Waals surface area contributed by atoms with Crippen LogP contribution in [0.1, 0.15) is 37.7 Å². The Morgan fingerprint density at radius 3 is 2.72 bits per heavy atom. The molecule has 2 fully saturated rings. The largest absolute Gasteiger partial charge is 0.489 e. The predicted molar refractivity (Wildman–Crippen MR) is 134 cm³/mol. The van der Waals surface area contributed by atoms with E-state index in [4.69, 9.17) is 18.9 Å².